The number of rotatable bonds is 6. The van der Waals surface area contributed by atoms with Crippen molar-refractivity contribution in [1.82, 2.24) is 10.2 Å². The molecule has 110 valence electrons. The molecule has 0 spiro atoms. The Morgan fingerprint density at radius 1 is 1.25 bits per heavy atom. The molecular weight excluding hydrogens is 248 g/mol. The summed E-state index contributed by atoms with van der Waals surface area (Å²) in [4.78, 5) is 2.44. The summed E-state index contributed by atoms with van der Waals surface area (Å²) in [5.74, 6) is 0. The van der Waals surface area contributed by atoms with Crippen LogP contribution in [0.1, 0.15) is 37.3 Å². The number of nitrogens with zero attached hydrogens (tertiary/aromatic N) is 1. The van der Waals surface area contributed by atoms with Crippen LogP contribution in [0.4, 0.5) is 0 Å². The molecule has 1 saturated heterocycles. The predicted molar refractivity (Wildman–Crippen MR) is 81.6 cm³/mol. The van der Waals surface area contributed by atoms with Gasteiger partial charge in [-0.25, -0.2) is 0 Å². The van der Waals surface area contributed by atoms with E-state index in [-0.39, 0.29) is 0 Å². The third-order valence-electron chi connectivity index (χ3n) is 4.50. The Balaban J connectivity index is 1.56. The minimum absolute atomic E-state index is 0.361. The predicted octanol–water partition coefficient (Wildman–Crippen LogP) is 2.55. The smallest absolute Gasteiger partial charge is 0.0703 e. The van der Waals surface area contributed by atoms with Crippen LogP contribution in [-0.4, -0.2) is 36.7 Å². The summed E-state index contributed by atoms with van der Waals surface area (Å²) in [6.07, 6.45) is 4.21. The summed E-state index contributed by atoms with van der Waals surface area (Å²) in [6.45, 7) is 5.10. The van der Waals surface area contributed by atoms with E-state index in [1.165, 1.54) is 24.0 Å². The molecule has 2 unspecified atom stereocenters. The van der Waals surface area contributed by atoms with Gasteiger partial charge in [-0.05, 0) is 44.4 Å². The highest BCUT2D eigenvalue weighted by atomic mass is 16.5. The molecule has 0 amide bonds. The maximum Gasteiger partial charge on any atom is 0.0703 e. The van der Waals surface area contributed by atoms with Gasteiger partial charge in [0.2, 0.25) is 0 Å². The van der Waals surface area contributed by atoms with Crippen LogP contribution >= 0.6 is 0 Å². The summed E-state index contributed by atoms with van der Waals surface area (Å²) < 4.78 is 5.67. The number of likely N-dealkylation sites (N-methyl/N-ethyl adjacent to an activating group) is 1. The zero-order chi connectivity index (χ0) is 13.9. The van der Waals surface area contributed by atoms with Crippen LogP contribution in [0.2, 0.25) is 0 Å². The molecule has 2 fully saturated rings. The van der Waals surface area contributed by atoms with Crippen LogP contribution in [0, 0.1) is 0 Å². The second kappa shape index (κ2) is 6.25. The van der Waals surface area contributed by atoms with Crippen molar-refractivity contribution in [2.75, 3.05) is 13.7 Å². The first kappa shape index (κ1) is 14.1. The molecule has 3 heteroatoms. The number of benzene rings is 1. The summed E-state index contributed by atoms with van der Waals surface area (Å²) in [7, 11) is 2.21. The van der Waals surface area contributed by atoms with Gasteiger partial charge in [0.1, 0.15) is 0 Å². The van der Waals surface area contributed by atoms with Crippen LogP contribution in [0.5, 0.6) is 0 Å². The molecule has 1 N–H and O–H groups in total. The largest absolute Gasteiger partial charge is 0.377 e. The lowest BCUT2D eigenvalue weighted by molar-refractivity contribution is 0.0814. The molecule has 1 aromatic carbocycles. The van der Waals surface area contributed by atoms with E-state index in [1.54, 1.807) is 0 Å². The van der Waals surface area contributed by atoms with Crippen LogP contribution in [-0.2, 0) is 17.8 Å². The van der Waals surface area contributed by atoms with Crippen molar-refractivity contribution in [3.63, 3.8) is 0 Å². The Morgan fingerprint density at radius 3 is 2.75 bits per heavy atom. The van der Waals surface area contributed by atoms with Gasteiger partial charge in [0, 0.05) is 31.8 Å². The Morgan fingerprint density at radius 2 is 2.05 bits per heavy atom. The second-order valence-corrected chi connectivity index (χ2v) is 6.32. The van der Waals surface area contributed by atoms with E-state index in [0.29, 0.717) is 12.1 Å². The summed E-state index contributed by atoms with van der Waals surface area (Å²) in [5.41, 5.74) is 2.81. The third kappa shape index (κ3) is 3.60. The fourth-order valence-electron chi connectivity index (χ4n) is 3.09. The highest BCUT2D eigenvalue weighted by Crippen LogP contribution is 2.21. The van der Waals surface area contributed by atoms with E-state index in [1.807, 2.05) is 0 Å². The monoisotopic (exact) mass is 274 g/mol. The zero-order valence-electron chi connectivity index (χ0n) is 12.6. The highest BCUT2D eigenvalue weighted by Gasteiger charge is 2.27. The van der Waals surface area contributed by atoms with E-state index in [2.05, 4.69) is 48.5 Å². The molecule has 0 bridgehead atoms. The Bertz CT molecular complexity index is 444. The van der Waals surface area contributed by atoms with Crippen molar-refractivity contribution in [3.05, 3.63) is 35.4 Å². The molecule has 0 aromatic heterocycles. The first-order chi connectivity index (χ1) is 9.72. The SMILES string of the molecule is CC1OCCC1N(C)Cc1cccc(CNC2CC2)c1. The van der Waals surface area contributed by atoms with Crippen molar-refractivity contribution < 1.29 is 4.74 Å². The minimum atomic E-state index is 0.361. The van der Waals surface area contributed by atoms with E-state index < -0.39 is 0 Å². The third-order valence-corrected chi connectivity index (χ3v) is 4.50. The molecular formula is C17H26N2O. The number of hydrogen-bond donors (Lipinski definition) is 1. The van der Waals surface area contributed by atoms with Gasteiger partial charge in [-0.2, -0.15) is 0 Å². The van der Waals surface area contributed by atoms with E-state index in [0.717, 1.165) is 32.2 Å². The lowest BCUT2D eigenvalue weighted by atomic mass is 10.1. The van der Waals surface area contributed by atoms with Crippen molar-refractivity contribution in [1.29, 1.82) is 0 Å². The molecule has 2 aliphatic rings. The zero-order valence-corrected chi connectivity index (χ0v) is 12.6. The van der Waals surface area contributed by atoms with Crippen molar-refractivity contribution in [2.24, 2.45) is 0 Å². The maximum atomic E-state index is 5.67. The Hall–Kier alpha value is -0.900. The topological polar surface area (TPSA) is 24.5 Å². The Kier molecular flexibility index (Phi) is 4.39. The second-order valence-electron chi connectivity index (χ2n) is 6.32. The number of ether oxygens (including phenoxy) is 1. The van der Waals surface area contributed by atoms with Crippen molar-refractivity contribution in [2.45, 2.75) is 57.5 Å². The molecule has 1 aromatic rings. The first-order valence-corrected chi connectivity index (χ1v) is 7.85. The minimum Gasteiger partial charge on any atom is -0.377 e. The average molecular weight is 274 g/mol. The van der Waals surface area contributed by atoms with Gasteiger partial charge in [-0.3, -0.25) is 4.90 Å². The van der Waals surface area contributed by atoms with Gasteiger partial charge < -0.3 is 10.1 Å². The molecule has 3 nitrogen and oxygen atoms in total. The van der Waals surface area contributed by atoms with Crippen LogP contribution in [0.25, 0.3) is 0 Å². The van der Waals surface area contributed by atoms with Gasteiger partial charge in [-0.15, -0.1) is 0 Å². The molecule has 1 aliphatic heterocycles. The molecule has 1 heterocycles. The lowest BCUT2D eigenvalue weighted by Crippen LogP contribution is -2.36. The first-order valence-electron chi connectivity index (χ1n) is 7.85. The normalized spacial score (nSPS) is 26.4. The molecule has 2 atom stereocenters. The van der Waals surface area contributed by atoms with Gasteiger partial charge in [-0.1, -0.05) is 24.3 Å². The fourth-order valence-corrected chi connectivity index (χ4v) is 3.09. The molecule has 1 saturated carbocycles. The fraction of sp³-hybridized carbons (Fsp3) is 0.647. The van der Waals surface area contributed by atoms with Gasteiger partial charge >= 0.3 is 0 Å². The standard InChI is InChI=1S/C17H26N2O/c1-13-17(8-9-20-13)19(2)12-15-5-3-4-14(10-15)11-18-16-6-7-16/h3-5,10,13,16-18H,6-9,11-12H2,1-2H3. The molecule has 1 aliphatic carbocycles. The summed E-state index contributed by atoms with van der Waals surface area (Å²) in [6, 6.07) is 10.3. The van der Waals surface area contributed by atoms with Crippen LogP contribution in [0.3, 0.4) is 0 Å². The van der Waals surface area contributed by atoms with Gasteiger partial charge in [0.05, 0.1) is 6.10 Å². The summed E-state index contributed by atoms with van der Waals surface area (Å²) in [5, 5.41) is 3.58. The molecule has 20 heavy (non-hydrogen) atoms. The summed E-state index contributed by atoms with van der Waals surface area (Å²) >= 11 is 0. The van der Waals surface area contributed by atoms with E-state index in [9.17, 15) is 0 Å². The maximum absolute atomic E-state index is 5.67. The number of hydrogen-bond acceptors (Lipinski definition) is 3. The van der Waals surface area contributed by atoms with Gasteiger partial charge in [0.15, 0.2) is 0 Å². The van der Waals surface area contributed by atoms with Crippen molar-refractivity contribution in [3.8, 4) is 0 Å². The lowest BCUT2D eigenvalue weighted by Gasteiger charge is -2.26. The van der Waals surface area contributed by atoms with Crippen LogP contribution < -0.4 is 5.32 Å². The average Bonchev–Trinajstić information content (AvgIpc) is 3.17. The van der Waals surface area contributed by atoms with Crippen LogP contribution in [0.15, 0.2) is 24.3 Å². The molecule has 3 rings (SSSR count). The Labute approximate surface area is 122 Å². The van der Waals surface area contributed by atoms with E-state index in [4.69, 9.17) is 4.74 Å². The van der Waals surface area contributed by atoms with Gasteiger partial charge in [0.25, 0.3) is 0 Å². The van der Waals surface area contributed by atoms with E-state index >= 15 is 0 Å². The van der Waals surface area contributed by atoms with Crippen molar-refractivity contribution >= 4 is 0 Å². The number of nitrogens with one attached hydrogen (secondary N) is 1. The molecule has 0 radical (unpaired) electrons. The quantitative estimate of drug-likeness (QED) is 0.863. The highest BCUT2D eigenvalue weighted by molar-refractivity contribution is 5.23.